The zero-order valence-corrected chi connectivity index (χ0v) is 10.2. The van der Waals surface area contributed by atoms with E-state index in [4.69, 9.17) is 4.42 Å². The maximum absolute atomic E-state index is 5.63. The smallest absolute Gasteiger partial charge is 0.317 e. The van der Waals surface area contributed by atoms with Crippen LogP contribution in [0.2, 0.25) is 0 Å². The molecule has 1 atom stereocenters. The molecule has 5 nitrogen and oxygen atoms in total. The molecule has 0 aliphatic heterocycles. The molecule has 1 saturated carbocycles. The van der Waals surface area contributed by atoms with E-state index in [2.05, 4.69) is 22.4 Å². The van der Waals surface area contributed by atoms with Gasteiger partial charge in [-0.15, -0.1) is 5.10 Å². The Kier molecular flexibility index (Phi) is 3.43. The molecule has 1 fully saturated rings. The van der Waals surface area contributed by atoms with Crippen LogP contribution < -0.4 is 10.2 Å². The van der Waals surface area contributed by atoms with Gasteiger partial charge in [0.15, 0.2) is 0 Å². The van der Waals surface area contributed by atoms with Crippen LogP contribution in [-0.4, -0.2) is 30.3 Å². The molecular weight excluding hydrogens is 204 g/mol. The molecular formula is C11H20N4O. The maximum Gasteiger partial charge on any atom is 0.317 e. The standard InChI is InChI=1S/C11H20N4O/c1-4-12-8(2)10-13-14-11(16-10)15(3)7-9-5-6-9/h8-9,12H,4-7H2,1-3H3. The van der Waals surface area contributed by atoms with Crippen LogP contribution in [0.3, 0.4) is 0 Å². The highest BCUT2D eigenvalue weighted by atomic mass is 16.4. The van der Waals surface area contributed by atoms with E-state index in [1.165, 1.54) is 12.8 Å². The van der Waals surface area contributed by atoms with Gasteiger partial charge in [0, 0.05) is 13.6 Å². The van der Waals surface area contributed by atoms with Crippen LogP contribution in [0, 0.1) is 5.92 Å². The van der Waals surface area contributed by atoms with Crippen LogP contribution in [0.4, 0.5) is 6.01 Å². The average Bonchev–Trinajstić information content (AvgIpc) is 2.93. The van der Waals surface area contributed by atoms with Gasteiger partial charge in [-0.1, -0.05) is 12.0 Å². The molecule has 1 aliphatic carbocycles. The van der Waals surface area contributed by atoms with E-state index in [0.717, 1.165) is 19.0 Å². The van der Waals surface area contributed by atoms with E-state index >= 15 is 0 Å². The van der Waals surface area contributed by atoms with Crippen molar-refractivity contribution in [3.63, 3.8) is 0 Å². The van der Waals surface area contributed by atoms with Gasteiger partial charge in [-0.25, -0.2) is 0 Å². The molecule has 0 bridgehead atoms. The summed E-state index contributed by atoms with van der Waals surface area (Å²) in [6.45, 7) is 6.02. The molecule has 2 rings (SSSR count). The van der Waals surface area contributed by atoms with Crippen LogP contribution in [0.1, 0.15) is 38.6 Å². The van der Waals surface area contributed by atoms with Gasteiger partial charge in [0.2, 0.25) is 5.89 Å². The van der Waals surface area contributed by atoms with E-state index in [-0.39, 0.29) is 6.04 Å². The SMILES string of the molecule is CCNC(C)c1nnc(N(C)CC2CC2)o1. The summed E-state index contributed by atoms with van der Waals surface area (Å²) in [5.74, 6) is 1.49. The van der Waals surface area contributed by atoms with Gasteiger partial charge in [-0.2, -0.15) is 0 Å². The lowest BCUT2D eigenvalue weighted by Crippen LogP contribution is -2.20. The molecule has 16 heavy (non-hydrogen) atoms. The summed E-state index contributed by atoms with van der Waals surface area (Å²) >= 11 is 0. The first kappa shape index (κ1) is 11.4. The molecule has 1 heterocycles. The van der Waals surface area contributed by atoms with Crippen LogP contribution in [-0.2, 0) is 0 Å². The first-order chi connectivity index (χ1) is 7.70. The quantitative estimate of drug-likeness (QED) is 0.795. The van der Waals surface area contributed by atoms with E-state index in [1.54, 1.807) is 0 Å². The first-order valence-corrected chi connectivity index (χ1v) is 5.98. The molecule has 0 spiro atoms. The van der Waals surface area contributed by atoms with E-state index in [0.29, 0.717) is 11.9 Å². The topological polar surface area (TPSA) is 54.2 Å². The Balaban J connectivity index is 1.94. The molecule has 1 N–H and O–H groups in total. The Morgan fingerprint density at radius 1 is 1.50 bits per heavy atom. The largest absolute Gasteiger partial charge is 0.406 e. The number of nitrogens with zero attached hydrogens (tertiary/aromatic N) is 3. The summed E-state index contributed by atoms with van der Waals surface area (Å²) in [6, 6.07) is 0.757. The Hall–Kier alpha value is -1.10. The number of hydrogen-bond donors (Lipinski definition) is 1. The minimum Gasteiger partial charge on any atom is -0.406 e. The molecule has 1 aromatic rings. The molecule has 90 valence electrons. The second-order valence-corrected chi connectivity index (χ2v) is 4.53. The van der Waals surface area contributed by atoms with Crippen molar-refractivity contribution < 1.29 is 4.42 Å². The van der Waals surface area contributed by atoms with Crippen molar-refractivity contribution in [3.05, 3.63) is 5.89 Å². The molecule has 0 radical (unpaired) electrons. The van der Waals surface area contributed by atoms with Crippen molar-refractivity contribution >= 4 is 6.01 Å². The summed E-state index contributed by atoms with van der Waals surface area (Å²) in [5.41, 5.74) is 0. The highest BCUT2D eigenvalue weighted by Gasteiger charge is 2.25. The third-order valence-electron chi connectivity index (χ3n) is 2.87. The molecule has 5 heteroatoms. The molecule has 1 unspecified atom stereocenters. The maximum atomic E-state index is 5.63. The number of anilines is 1. The van der Waals surface area contributed by atoms with Crippen LogP contribution >= 0.6 is 0 Å². The summed E-state index contributed by atoms with van der Waals surface area (Å²) in [6.07, 6.45) is 2.66. The van der Waals surface area contributed by atoms with Crippen molar-refractivity contribution in [2.24, 2.45) is 5.92 Å². The van der Waals surface area contributed by atoms with Crippen molar-refractivity contribution in [2.45, 2.75) is 32.7 Å². The predicted octanol–water partition coefficient (Wildman–Crippen LogP) is 1.59. The van der Waals surface area contributed by atoms with Crippen LogP contribution in [0.25, 0.3) is 0 Å². The summed E-state index contributed by atoms with van der Waals surface area (Å²) in [5, 5.41) is 11.4. The zero-order valence-electron chi connectivity index (χ0n) is 10.2. The Morgan fingerprint density at radius 3 is 2.88 bits per heavy atom. The van der Waals surface area contributed by atoms with E-state index in [1.807, 2.05) is 18.9 Å². The third-order valence-corrected chi connectivity index (χ3v) is 2.87. The Morgan fingerprint density at radius 2 is 2.25 bits per heavy atom. The summed E-state index contributed by atoms with van der Waals surface area (Å²) in [4.78, 5) is 2.05. The number of nitrogens with one attached hydrogen (secondary N) is 1. The third kappa shape index (κ3) is 2.72. The van der Waals surface area contributed by atoms with Gasteiger partial charge >= 0.3 is 6.01 Å². The van der Waals surface area contributed by atoms with Gasteiger partial charge in [-0.05, 0) is 32.2 Å². The Bertz CT molecular complexity index is 334. The minimum atomic E-state index is 0.126. The van der Waals surface area contributed by atoms with Crippen molar-refractivity contribution in [1.29, 1.82) is 0 Å². The number of aromatic nitrogens is 2. The Labute approximate surface area is 96.2 Å². The van der Waals surface area contributed by atoms with Crippen molar-refractivity contribution in [3.8, 4) is 0 Å². The fraction of sp³-hybridized carbons (Fsp3) is 0.818. The van der Waals surface area contributed by atoms with E-state index < -0.39 is 0 Å². The molecule has 1 aliphatic rings. The van der Waals surface area contributed by atoms with Crippen molar-refractivity contribution in [1.82, 2.24) is 15.5 Å². The lowest BCUT2D eigenvalue weighted by molar-refractivity contribution is 0.420. The molecule has 0 saturated heterocycles. The van der Waals surface area contributed by atoms with Crippen LogP contribution in [0.15, 0.2) is 4.42 Å². The normalized spacial score (nSPS) is 17.4. The lowest BCUT2D eigenvalue weighted by atomic mass is 10.3. The second kappa shape index (κ2) is 4.82. The number of hydrogen-bond acceptors (Lipinski definition) is 5. The van der Waals surface area contributed by atoms with Gasteiger partial charge in [0.25, 0.3) is 0 Å². The molecule has 0 amide bonds. The predicted molar refractivity (Wildman–Crippen MR) is 62.4 cm³/mol. The first-order valence-electron chi connectivity index (χ1n) is 5.98. The van der Waals surface area contributed by atoms with Crippen molar-refractivity contribution in [2.75, 3.05) is 25.0 Å². The highest BCUT2D eigenvalue weighted by Crippen LogP contribution is 2.30. The minimum absolute atomic E-state index is 0.126. The average molecular weight is 224 g/mol. The van der Waals surface area contributed by atoms with Gasteiger partial charge in [0.1, 0.15) is 0 Å². The fourth-order valence-corrected chi connectivity index (χ4v) is 1.71. The molecule has 1 aromatic heterocycles. The second-order valence-electron chi connectivity index (χ2n) is 4.53. The number of rotatable bonds is 6. The van der Waals surface area contributed by atoms with Crippen LogP contribution in [0.5, 0.6) is 0 Å². The zero-order chi connectivity index (χ0) is 11.5. The fourth-order valence-electron chi connectivity index (χ4n) is 1.71. The lowest BCUT2D eigenvalue weighted by Gasteiger charge is -2.12. The van der Waals surface area contributed by atoms with Gasteiger partial charge in [-0.3, -0.25) is 0 Å². The van der Waals surface area contributed by atoms with E-state index in [9.17, 15) is 0 Å². The summed E-state index contributed by atoms with van der Waals surface area (Å²) < 4.78 is 5.63. The highest BCUT2D eigenvalue weighted by molar-refractivity contribution is 5.22. The van der Waals surface area contributed by atoms with Gasteiger partial charge in [0.05, 0.1) is 6.04 Å². The summed E-state index contributed by atoms with van der Waals surface area (Å²) in [7, 11) is 2.01. The van der Waals surface area contributed by atoms with Gasteiger partial charge < -0.3 is 14.6 Å². The monoisotopic (exact) mass is 224 g/mol. The molecule has 0 aromatic carbocycles.